The van der Waals surface area contributed by atoms with Gasteiger partial charge in [-0.05, 0) is 24.0 Å². The van der Waals surface area contributed by atoms with Crippen LogP contribution in [0.25, 0.3) is 0 Å². The van der Waals surface area contributed by atoms with Crippen molar-refractivity contribution in [1.29, 1.82) is 0 Å². The monoisotopic (exact) mass is 273 g/mol. The Labute approximate surface area is 96.4 Å². The maximum Gasteiger partial charge on any atom is 0.147 e. The van der Waals surface area contributed by atoms with E-state index in [0.717, 1.165) is 16.1 Å². The van der Waals surface area contributed by atoms with Crippen molar-refractivity contribution in [2.45, 2.75) is 11.3 Å². The summed E-state index contributed by atoms with van der Waals surface area (Å²) in [6.45, 7) is 0. The van der Waals surface area contributed by atoms with Crippen molar-refractivity contribution in [1.82, 2.24) is 0 Å². The van der Waals surface area contributed by atoms with E-state index < -0.39 is 0 Å². The third-order valence-corrected chi connectivity index (χ3v) is 3.28. The Morgan fingerprint density at radius 3 is 2.79 bits per heavy atom. The molecular formula is C10H12BrNOS. The Balaban J connectivity index is 2.81. The van der Waals surface area contributed by atoms with Crippen molar-refractivity contribution in [3.8, 4) is 0 Å². The SMILES string of the molecule is CSc1ccc(CC(=O)CBr)cc1N. The Kier molecular flexibility index (Phi) is 4.48. The average molecular weight is 274 g/mol. The molecule has 1 aromatic carbocycles. The van der Waals surface area contributed by atoms with E-state index in [4.69, 9.17) is 5.73 Å². The first-order valence-corrected chi connectivity index (χ1v) is 6.52. The lowest BCUT2D eigenvalue weighted by Crippen LogP contribution is -2.04. The minimum Gasteiger partial charge on any atom is -0.398 e. The fourth-order valence-electron chi connectivity index (χ4n) is 1.17. The van der Waals surface area contributed by atoms with E-state index in [0.29, 0.717) is 11.8 Å². The molecular weight excluding hydrogens is 262 g/mol. The van der Waals surface area contributed by atoms with Gasteiger partial charge in [-0.25, -0.2) is 0 Å². The smallest absolute Gasteiger partial charge is 0.147 e. The van der Waals surface area contributed by atoms with Gasteiger partial charge in [0.1, 0.15) is 5.78 Å². The molecule has 0 saturated heterocycles. The van der Waals surface area contributed by atoms with E-state index in [1.807, 2.05) is 24.5 Å². The van der Waals surface area contributed by atoms with Crippen LogP contribution in [0.1, 0.15) is 5.56 Å². The third kappa shape index (κ3) is 3.03. The van der Waals surface area contributed by atoms with Gasteiger partial charge in [-0.1, -0.05) is 22.0 Å². The minimum absolute atomic E-state index is 0.168. The Morgan fingerprint density at radius 1 is 1.57 bits per heavy atom. The van der Waals surface area contributed by atoms with Crippen LogP contribution in [-0.4, -0.2) is 17.4 Å². The predicted molar refractivity (Wildman–Crippen MR) is 65.1 cm³/mol. The molecule has 76 valence electrons. The lowest BCUT2D eigenvalue weighted by atomic mass is 10.1. The number of halogens is 1. The molecule has 0 heterocycles. The number of carbonyl (C=O) groups is 1. The van der Waals surface area contributed by atoms with Gasteiger partial charge in [0.25, 0.3) is 0 Å². The number of rotatable bonds is 4. The van der Waals surface area contributed by atoms with Crippen LogP contribution in [0, 0.1) is 0 Å². The number of anilines is 1. The number of nitrogens with two attached hydrogens (primary N) is 1. The van der Waals surface area contributed by atoms with Crippen LogP contribution >= 0.6 is 27.7 Å². The molecule has 2 N–H and O–H groups in total. The maximum atomic E-state index is 11.2. The van der Waals surface area contributed by atoms with Gasteiger partial charge in [0, 0.05) is 17.0 Å². The van der Waals surface area contributed by atoms with Gasteiger partial charge in [-0.2, -0.15) is 0 Å². The highest BCUT2D eigenvalue weighted by Crippen LogP contribution is 2.23. The summed E-state index contributed by atoms with van der Waals surface area (Å²) < 4.78 is 0. The second-order valence-electron chi connectivity index (χ2n) is 2.93. The molecule has 0 bridgehead atoms. The van der Waals surface area contributed by atoms with Crippen molar-refractivity contribution in [2.75, 3.05) is 17.3 Å². The van der Waals surface area contributed by atoms with Gasteiger partial charge in [0.15, 0.2) is 0 Å². The van der Waals surface area contributed by atoms with Crippen molar-refractivity contribution in [3.63, 3.8) is 0 Å². The summed E-state index contributed by atoms with van der Waals surface area (Å²) in [5.74, 6) is 0.168. The van der Waals surface area contributed by atoms with Crippen LogP contribution in [-0.2, 0) is 11.2 Å². The maximum absolute atomic E-state index is 11.2. The Hall–Kier alpha value is -0.480. The summed E-state index contributed by atoms with van der Waals surface area (Å²) >= 11 is 4.74. The highest BCUT2D eigenvalue weighted by atomic mass is 79.9. The zero-order valence-electron chi connectivity index (χ0n) is 7.92. The zero-order valence-corrected chi connectivity index (χ0v) is 10.3. The van der Waals surface area contributed by atoms with Crippen LogP contribution in [0.5, 0.6) is 0 Å². The number of thioether (sulfide) groups is 1. The summed E-state index contributed by atoms with van der Waals surface area (Å²) in [5.41, 5.74) is 7.53. The van der Waals surface area contributed by atoms with Crippen LogP contribution in [0.2, 0.25) is 0 Å². The number of hydrogen-bond donors (Lipinski definition) is 1. The Bertz CT molecular complexity index is 341. The van der Waals surface area contributed by atoms with Gasteiger partial charge >= 0.3 is 0 Å². The van der Waals surface area contributed by atoms with Gasteiger partial charge in [0.05, 0.1) is 5.33 Å². The van der Waals surface area contributed by atoms with Gasteiger partial charge in [-0.15, -0.1) is 11.8 Å². The van der Waals surface area contributed by atoms with E-state index in [9.17, 15) is 4.79 Å². The number of nitrogen functional groups attached to an aromatic ring is 1. The van der Waals surface area contributed by atoms with Crippen molar-refractivity contribution >= 4 is 39.2 Å². The molecule has 0 amide bonds. The van der Waals surface area contributed by atoms with Crippen LogP contribution in [0.15, 0.2) is 23.1 Å². The minimum atomic E-state index is 0.168. The number of hydrogen-bond acceptors (Lipinski definition) is 3. The Morgan fingerprint density at radius 2 is 2.29 bits per heavy atom. The molecule has 0 aliphatic carbocycles. The van der Waals surface area contributed by atoms with E-state index >= 15 is 0 Å². The number of carbonyl (C=O) groups excluding carboxylic acids is 1. The largest absolute Gasteiger partial charge is 0.398 e. The lowest BCUT2D eigenvalue weighted by Gasteiger charge is -2.04. The van der Waals surface area contributed by atoms with Crippen LogP contribution in [0.4, 0.5) is 5.69 Å². The molecule has 0 unspecified atom stereocenters. The highest BCUT2D eigenvalue weighted by molar-refractivity contribution is 9.09. The first-order valence-electron chi connectivity index (χ1n) is 4.17. The number of Topliss-reactive ketones (excluding diaryl/α,β-unsaturated/α-hetero) is 1. The van der Waals surface area contributed by atoms with Crippen molar-refractivity contribution < 1.29 is 4.79 Å². The topological polar surface area (TPSA) is 43.1 Å². The summed E-state index contributed by atoms with van der Waals surface area (Å²) in [4.78, 5) is 12.2. The van der Waals surface area contributed by atoms with E-state index in [1.165, 1.54) is 0 Å². The first-order chi connectivity index (χ1) is 6.67. The molecule has 0 atom stereocenters. The zero-order chi connectivity index (χ0) is 10.6. The van der Waals surface area contributed by atoms with Crippen LogP contribution < -0.4 is 5.73 Å². The molecule has 1 rings (SSSR count). The molecule has 4 heteroatoms. The number of alkyl halides is 1. The summed E-state index contributed by atoms with van der Waals surface area (Å²) in [7, 11) is 0. The summed E-state index contributed by atoms with van der Waals surface area (Å²) in [5, 5.41) is 0.400. The molecule has 1 aromatic rings. The second kappa shape index (κ2) is 5.41. The molecule has 0 aliphatic rings. The molecule has 2 nitrogen and oxygen atoms in total. The third-order valence-electron chi connectivity index (χ3n) is 1.84. The van der Waals surface area contributed by atoms with E-state index in [1.54, 1.807) is 11.8 Å². The molecule has 0 radical (unpaired) electrons. The molecule has 0 spiro atoms. The van der Waals surface area contributed by atoms with E-state index in [-0.39, 0.29) is 5.78 Å². The predicted octanol–water partition coefficient (Wildman–Crippen LogP) is 2.50. The second-order valence-corrected chi connectivity index (χ2v) is 4.33. The van der Waals surface area contributed by atoms with Gasteiger partial charge < -0.3 is 5.73 Å². The normalized spacial score (nSPS) is 10.1. The van der Waals surface area contributed by atoms with Crippen molar-refractivity contribution in [2.24, 2.45) is 0 Å². The average Bonchev–Trinajstić information content (AvgIpc) is 2.18. The van der Waals surface area contributed by atoms with E-state index in [2.05, 4.69) is 15.9 Å². The quantitative estimate of drug-likeness (QED) is 0.521. The summed E-state index contributed by atoms with van der Waals surface area (Å²) in [6.07, 6.45) is 2.43. The molecule has 0 aromatic heterocycles. The number of ketones is 1. The van der Waals surface area contributed by atoms with Gasteiger partial charge in [0.2, 0.25) is 0 Å². The number of benzene rings is 1. The molecule has 0 fully saturated rings. The summed E-state index contributed by atoms with van der Waals surface area (Å²) in [6, 6.07) is 5.77. The lowest BCUT2D eigenvalue weighted by molar-refractivity contribution is -0.115. The highest BCUT2D eigenvalue weighted by Gasteiger charge is 2.04. The molecule has 14 heavy (non-hydrogen) atoms. The fourth-order valence-corrected chi connectivity index (χ4v) is 1.87. The molecule has 0 saturated carbocycles. The fraction of sp³-hybridized carbons (Fsp3) is 0.300. The van der Waals surface area contributed by atoms with Crippen LogP contribution in [0.3, 0.4) is 0 Å². The first kappa shape index (κ1) is 11.6. The van der Waals surface area contributed by atoms with Gasteiger partial charge in [-0.3, -0.25) is 4.79 Å². The standard InChI is InChI=1S/C10H12BrNOS/c1-14-10-3-2-7(5-9(10)12)4-8(13)6-11/h2-3,5H,4,6,12H2,1H3. The molecule has 0 aliphatic heterocycles. The van der Waals surface area contributed by atoms with Crippen molar-refractivity contribution in [3.05, 3.63) is 23.8 Å².